The van der Waals surface area contributed by atoms with Crippen LogP contribution >= 0.6 is 11.3 Å². The molecule has 0 bridgehead atoms. The molecule has 2 fully saturated rings. The number of hydrogen-bond donors (Lipinski definition) is 1. The molecule has 2 aliphatic rings. The van der Waals surface area contributed by atoms with Gasteiger partial charge in [0.15, 0.2) is 0 Å². The number of amides is 1. The van der Waals surface area contributed by atoms with Crippen molar-refractivity contribution in [1.82, 2.24) is 15.2 Å². The Kier molecular flexibility index (Phi) is 5.41. The second-order valence-corrected chi connectivity index (χ2v) is 8.30. The third-order valence-electron chi connectivity index (χ3n) is 5.36. The topological polar surface area (TPSA) is 54.5 Å². The molecule has 1 aromatic heterocycles. The van der Waals surface area contributed by atoms with Crippen molar-refractivity contribution in [3.8, 4) is 0 Å². The summed E-state index contributed by atoms with van der Waals surface area (Å²) in [6, 6.07) is 9.90. The molecule has 2 heterocycles. The number of piperidine rings is 1. The van der Waals surface area contributed by atoms with Crippen molar-refractivity contribution in [2.75, 3.05) is 19.6 Å². The van der Waals surface area contributed by atoms with E-state index in [0.29, 0.717) is 44.4 Å². The molecular formula is C20H24FN3O2S. The van der Waals surface area contributed by atoms with E-state index in [1.807, 2.05) is 41.9 Å². The molecule has 0 radical (unpaired) electrons. The molecule has 0 spiro atoms. The summed E-state index contributed by atoms with van der Waals surface area (Å²) >= 11 is 1.66. The molecule has 1 aromatic carbocycles. The third-order valence-corrected chi connectivity index (χ3v) is 6.27. The van der Waals surface area contributed by atoms with E-state index in [-0.39, 0.29) is 12.7 Å². The van der Waals surface area contributed by atoms with Crippen molar-refractivity contribution in [2.45, 2.75) is 43.5 Å². The van der Waals surface area contributed by atoms with Crippen LogP contribution in [0.1, 0.15) is 35.8 Å². The summed E-state index contributed by atoms with van der Waals surface area (Å²) in [6.07, 6.45) is 3.17. The van der Waals surface area contributed by atoms with Crippen LogP contribution in [0, 0.1) is 0 Å². The Morgan fingerprint density at radius 2 is 2.11 bits per heavy atom. The van der Waals surface area contributed by atoms with E-state index < -0.39 is 5.67 Å². The van der Waals surface area contributed by atoms with Crippen LogP contribution in [-0.2, 0) is 11.3 Å². The number of benzene rings is 1. The van der Waals surface area contributed by atoms with Crippen LogP contribution in [0.4, 0.5) is 9.18 Å². The molecule has 144 valence electrons. The molecule has 1 aliphatic carbocycles. The Labute approximate surface area is 162 Å². The fraction of sp³-hybridized carbons (Fsp3) is 0.500. The summed E-state index contributed by atoms with van der Waals surface area (Å²) in [7, 11) is 0. The van der Waals surface area contributed by atoms with Gasteiger partial charge in [-0.05, 0) is 12.0 Å². The quantitative estimate of drug-likeness (QED) is 0.818. The molecule has 5 nitrogen and oxygen atoms in total. The lowest BCUT2D eigenvalue weighted by atomic mass is 9.93. The summed E-state index contributed by atoms with van der Waals surface area (Å²) in [4.78, 5) is 18.1. The first-order valence-corrected chi connectivity index (χ1v) is 10.3. The maximum Gasteiger partial charge on any atom is 0.410 e. The smallest absolute Gasteiger partial charge is 0.410 e. The minimum atomic E-state index is -1.26. The lowest BCUT2D eigenvalue weighted by Gasteiger charge is -2.36. The highest BCUT2D eigenvalue weighted by Crippen LogP contribution is 2.42. The lowest BCUT2D eigenvalue weighted by molar-refractivity contribution is 0.0408. The van der Waals surface area contributed by atoms with Crippen molar-refractivity contribution < 1.29 is 13.9 Å². The minimum absolute atomic E-state index is 0.248. The van der Waals surface area contributed by atoms with Crippen molar-refractivity contribution in [1.29, 1.82) is 0 Å². The number of carbonyl (C=O) groups excluding carboxylic acids is 1. The zero-order valence-electron chi connectivity index (χ0n) is 15.1. The van der Waals surface area contributed by atoms with E-state index in [9.17, 15) is 4.79 Å². The van der Waals surface area contributed by atoms with E-state index in [1.165, 1.54) is 0 Å². The normalized spacial score (nSPS) is 23.8. The molecule has 2 unspecified atom stereocenters. The number of nitrogens with zero attached hydrogens (tertiary/aromatic N) is 2. The molecule has 1 saturated heterocycles. The van der Waals surface area contributed by atoms with Gasteiger partial charge in [0, 0.05) is 56.0 Å². The summed E-state index contributed by atoms with van der Waals surface area (Å²) in [5.41, 5.74) is -0.308. The van der Waals surface area contributed by atoms with Gasteiger partial charge in [-0.2, -0.15) is 0 Å². The number of carbonyl (C=O) groups is 1. The van der Waals surface area contributed by atoms with Crippen molar-refractivity contribution in [2.24, 2.45) is 0 Å². The summed E-state index contributed by atoms with van der Waals surface area (Å²) in [5, 5.41) is 6.47. The van der Waals surface area contributed by atoms with Crippen molar-refractivity contribution >= 4 is 17.4 Å². The van der Waals surface area contributed by atoms with E-state index >= 15 is 4.39 Å². The summed E-state index contributed by atoms with van der Waals surface area (Å²) < 4.78 is 20.4. The Morgan fingerprint density at radius 3 is 2.81 bits per heavy atom. The fourth-order valence-corrected chi connectivity index (χ4v) is 4.32. The number of nitrogens with one attached hydrogen (secondary N) is 1. The highest BCUT2D eigenvalue weighted by atomic mass is 32.1. The Bertz CT molecular complexity index is 748. The molecule has 27 heavy (non-hydrogen) atoms. The Balaban J connectivity index is 1.18. The number of thiazole rings is 1. The summed E-state index contributed by atoms with van der Waals surface area (Å²) in [5.74, 6) is 0.432. The van der Waals surface area contributed by atoms with Crippen LogP contribution in [0.2, 0.25) is 0 Å². The monoisotopic (exact) mass is 389 g/mol. The van der Waals surface area contributed by atoms with Gasteiger partial charge in [-0.25, -0.2) is 14.2 Å². The predicted molar refractivity (Wildman–Crippen MR) is 103 cm³/mol. The molecular weight excluding hydrogens is 365 g/mol. The van der Waals surface area contributed by atoms with Gasteiger partial charge in [0.2, 0.25) is 0 Å². The second kappa shape index (κ2) is 7.94. The number of hydrogen-bond acceptors (Lipinski definition) is 5. The number of halogens is 1. The molecule has 7 heteroatoms. The van der Waals surface area contributed by atoms with Gasteiger partial charge < -0.3 is 15.0 Å². The molecule has 1 saturated carbocycles. The van der Waals surface area contributed by atoms with Crippen LogP contribution in [0.5, 0.6) is 0 Å². The molecule has 2 atom stereocenters. The van der Waals surface area contributed by atoms with Crippen molar-refractivity contribution in [3.63, 3.8) is 0 Å². The molecule has 1 N–H and O–H groups in total. The molecule has 1 amide bonds. The highest BCUT2D eigenvalue weighted by molar-refractivity contribution is 7.09. The molecule has 1 aliphatic heterocycles. The van der Waals surface area contributed by atoms with Crippen molar-refractivity contribution in [3.05, 3.63) is 52.5 Å². The average molecular weight is 389 g/mol. The van der Waals surface area contributed by atoms with Crippen LogP contribution in [0.3, 0.4) is 0 Å². The van der Waals surface area contributed by atoms with Crippen LogP contribution in [0.25, 0.3) is 0 Å². The average Bonchev–Trinajstić information content (AvgIpc) is 3.27. The van der Waals surface area contributed by atoms with Gasteiger partial charge in [-0.3, -0.25) is 0 Å². The van der Waals surface area contributed by atoms with Gasteiger partial charge >= 0.3 is 6.09 Å². The number of likely N-dealkylation sites (tertiary alicyclic amines) is 1. The molecule has 2 aromatic rings. The first-order valence-electron chi connectivity index (χ1n) is 9.40. The molecule has 4 rings (SSSR count). The fourth-order valence-electron chi connectivity index (χ4n) is 3.50. The minimum Gasteiger partial charge on any atom is -0.445 e. The van der Waals surface area contributed by atoms with Gasteiger partial charge in [-0.15, -0.1) is 11.3 Å². The third kappa shape index (κ3) is 4.65. The zero-order valence-corrected chi connectivity index (χ0v) is 16.0. The number of alkyl halides is 1. The Hall–Kier alpha value is -1.99. The predicted octanol–water partition coefficient (Wildman–Crippen LogP) is 3.73. The summed E-state index contributed by atoms with van der Waals surface area (Å²) in [6.45, 7) is 1.38. The van der Waals surface area contributed by atoms with Crippen LogP contribution < -0.4 is 5.32 Å². The van der Waals surface area contributed by atoms with E-state index in [1.54, 1.807) is 16.2 Å². The van der Waals surface area contributed by atoms with Gasteiger partial charge in [0.1, 0.15) is 12.3 Å². The highest BCUT2D eigenvalue weighted by Gasteiger charge is 2.43. The standard InChI is InChI=1S/C20H24FN3O2S/c21-20(14-23-17-12-16(17)18-22-8-11-27-18)6-9-24(10-7-20)19(25)26-13-15-4-2-1-3-5-15/h1-5,8,11,16-17,23H,6-7,9-10,12-14H2. The maximum atomic E-state index is 15.1. The number of aromatic nitrogens is 1. The van der Waals surface area contributed by atoms with Gasteiger partial charge in [0.25, 0.3) is 0 Å². The van der Waals surface area contributed by atoms with Crippen LogP contribution in [0.15, 0.2) is 41.9 Å². The first-order chi connectivity index (χ1) is 13.1. The SMILES string of the molecule is O=C(OCc1ccccc1)N1CCC(F)(CNC2CC2c2nccs2)CC1. The van der Waals surface area contributed by atoms with E-state index in [4.69, 9.17) is 4.74 Å². The number of ether oxygens (including phenoxy) is 1. The first kappa shape index (κ1) is 18.4. The van der Waals surface area contributed by atoms with Gasteiger partial charge in [0.05, 0.1) is 5.01 Å². The van der Waals surface area contributed by atoms with Crippen LogP contribution in [-0.4, -0.2) is 47.3 Å². The number of rotatable bonds is 6. The maximum absolute atomic E-state index is 15.1. The lowest BCUT2D eigenvalue weighted by Crippen LogP contribution is -2.49. The van der Waals surface area contributed by atoms with Gasteiger partial charge in [-0.1, -0.05) is 30.3 Å². The largest absolute Gasteiger partial charge is 0.445 e. The second-order valence-electron chi connectivity index (χ2n) is 7.38. The zero-order chi connectivity index (χ0) is 18.7. The van der Waals surface area contributed by atoms with E-state index in [0.717, 1.165) is 17.0 Å². The van der Waals surface area contributed by atoms with E-state index in [2.05, 4.69) is 10.3 Å². The Morgan fingerprint density at radius 1 is 1.33 bits per heavy atom.